The molecule has 10 heteroatoms. The molecule has 0 aliphatic carbocycles. The number of carbonyl (C=O) groups excluding carboxylic acids is 3. The molecule has 0 bridgehead atoms. The summed E-state index contributed by atoms with van der Waals surface area (Å²) in [7, 11) is 1.35. The van der Waals surface area contributed by atoms with Crippen molar-refractivity contribution in [2.45, 2.75) is 20.0 Å². The zero-order valence-electron chi connectivity index (χ0n) is 16.5. The Kier molecular flexibility index (Phi) is 7.45. The van der Waals surface area contributed by atoms with E-state index < -0.39 is 29.5 Å². The Balaban J connectivity index is 1.92. The smallest absolute Gasteiger partial charge is 0.344 e. The van der Waals surface area contributed by atoms with Crippen LogP contribution in [0.3, 0.4) is 0 Å². The van der Waals surface area contributed by atoms with Gasteiger partial charge in [-0.05, 0) is 44.2 Å². The number of anilines is 1. The molecule has 0 spiro atoms. The summed E-state index contributed by atoms with van der Waals surface area (Å²) in [5.41, 5.74) is 0.341. The second kappa shape index (κ2) is 10.0. The van der Waals surface area contributed by atoms with Crippen LogP contribution < -0.4 is 14.8 Å². The molecule has 0 fully saturated rings. The summed E-state index contributed by atoms with van der Waals surface area (Å²) >= 11 is 0. The third-order valence-electron chi connectivity index (χ3n) is 3.95. The van der Waals surface area contributed by atoms with Crippen molar-refractivity contribution >= 4 is 29.0 Å². The van der Waals surface area contributed by atoms with E-state index in [0.717, 1.165) is 6.07 Å². The Morgan fingerprint density at radius 2 is 1.80 bits per heavy atom. The van der Waals surface area contributed by atoms with Gasteiger partial charge in [0.2, 0.25) is 0 Å². The van der Waals surface area contributed by atoms with Crippen LogP contribution in [-0.2, 0) is 14.3 Å². The van der Waals surface area contributed by atoms with Gasteiger partial charge in [0, 0.05) is 17.7 Å². The fourth-order valence-corrected chi connectivity index (χ4v) is 2.35. The van der Waals surface area contributed by atoms with Crippen LogP contribution in [0, 0.1) is 10.1 Å². The molecule has 0 unspecified atom stereocenters. The predicted molar refractivity (Wildman–Crippen MR) is 106 cm³/mol. The number of esters is 1. The lowest BCUT2D eigenvalue weighted by Gasteiger charge is -2.15. The predicted octanol–water partition coefficient (Wildman–Crippen LogP) is 2.76. The maximum atomic E-state index is 12.3. The normalized spacial score (nSPS) is 11.2. The fourth-order valence-electron chi connectivity index (χ4n) is 2.35. The number of ketones is 1. The van der Waals surface area contributed by atoms with Crippen LogP contribution in [0.15, 0.2) is 42.5 Å². The quantitative estimate of drug-likeness (QED) is 0.285. The first-order chi connectivity index (χ1) is 14.2. The number of Topliss-reactive ketones (excluding diaryl/α,β-unsaturated/α-hetero) is 1. The Morgan fingerprint density at radius 1 is 1.13 bits per heavy atom. The number of ether oxygens (including phenoxy) is 3. The fraction of sp³-hybridized carbons (Fsp3) is 0.250. The molecule has 10 nitrogen and oxygen atoms in total. The molecule has 0 aliphatic heterocycles. The van der Waals surface area contributed by atoms with Crippen molar-refractivity contribution in [2.75, 3.05) is 19.0 Å². The number of benzene rings is 2. The zero-order chi connectivity index (χ0) is 22.3. The standard InChI is InChI=1S/C20H20N2O8/c1-12(23)14-4-7-16(8-5-14)29-11-19(24)30-13(2)20(25)21-17-10-15(22(26)27)6-9-18(17)28-3/h4-10,13H,11H2,1-3H3,(H,21,25)/t13-/m0/s1. The van der Waals surface area contributed by atoms with Crippen molar-refractivity contribution in [3.63, 3.8) is 0 Å². The van der Waals surface area contributed by atoms with Gasteiger partial charge in [-0.2, -0.15) is 0 Å². The van der Waals surface area contributed by atoms with E-state index >= 15 is 0 Å². The summed E-state index contributed by atoms with van der Waals surface area (Å²) in [4.78, 5) is 45.8. The molecule has 0 saturated carbocycles. The number of nitro groups is 1. The third kappa shape index (κ3) is 6.03. The van der Waals surface area contributed by atoms with Crippen molar-refractivity contribution in [3.05, 3.63) is 58.1 Å². The van der Waals surface area contributed by atoms with E-state index in [4.69, 9.17) is 14.2 Å². The van der Waals surface area contributed by atoms with Gasteiger partial charge in [0.15, 0.2) is 18.5 Å². The molecule has 2 aromatic rings. The molecule has 2 aromatic carbocycles. The van der Waals surface area contributed by atoms with Gasteiger partial charge in [0.1, 0.15) is 11.5 Å². The lowest BCUT2D eigenvalue weighted by Crippen LogP contribution is -2.31. The maximum Gasteiger partial charge on any atom is 0.344 e. The summed E-state index contributed by atoms with van der Waals surface area (Å²) in [6, 6.07) is 9.91. The monoisotopic (exact) mass is 416 g/mol. The number of amides is 1. The summed E-state index contributed by atoms with van der Waals surface area (Å²) in [6.07, 6.45) is -1.19. The summed E-state index contributed by atoms with van der Waals surface area (Å²) < 4.78 is 15.3. The van der Waals surface area contributed by atoms with E-state index in [1.807, 2.05) is 0 Å². The van der Waals surface area contributed by atoms with E-state index in [1.165, 1.54) is 45.2 Å². The van der Waals surface area contributed by atoms with Gasteiger partial charge < -0.3 is 19.5 Å². The number of methoxy groups -OCH3 is 1. The van der Waals surface area contributed by atoms with Crippen molar-refractivity contribution in [1.82, 2.24) is 0 Å². The molecule has 0 aromatic heterocycles. The molecular formula is C20H20N2O8. The van der Waals surface area contributed by atoms with Crippen LogP contribution in [-0.4, -0.2) is 42.4 Å². The topological polar surface area (TPSA) is 134 Å². The zero-order valence-corrected chi connectivity index (χ0v) is 16.5. The summed E-state index contributed by atoms with van der Waals surface area (Å²) in [6.45, 7) is 2.33. The average Bonchev–Trinajstić information content (AvgIpc) is 2.72. The molecule has 1 N–H and O–H groups in total. The minimum Gasteiger partial charge on any atom is -0.495 e. The van der Waals surface area contributed by atoms with E-state index in [0.29, 0.717) is 11.3 Å². The number of hydrogen-bond donors (Lipinski definition) is 1. The molecule has 0 saturated heterocycles. The van der Waals surface area contributed by atoms with E-state index in [9.17, 15) is 24.5 Å². The molecule has 0 aliphatic rings. The number of nitrogens with one attached hydrogen (secondary N) is 1. The molecule has 1 amide bonds. The van der Waals surface area contributed by atoms with Gasteiger partial charge in [-0.3, -0.25) is 19.7 Å². The highest BCUT2D eigenvalue weighted by molar-refractivity contribution is 5.96. The number of hydrogen-bond acceptors (Lipinski definition) is 8. The Bertz CT molecular complexity index is 956. The number of nitrogens with zero attached hydrogens (tertiary/aromatic N) is 1. The molecular weight excluding hydrogens is 396 g/mol. The first kappa shape index (κ1) is 22.3. The highest BCUT2D eigenvalue weighted by Crippen LogP contribution is 2.29. The highest BCUT2D eigenvalue weighted by Gasteiger charge is 2.21. The molecule has 0 heterocycles. The third-order valence-corrected chi connectivity index (χ3v) is 3.95. The van der Waals surface area contributed by atoms with E-state index in [2.05, 4.69) is 5.32 Å². The molecule has 30 heavy (non-hydrogen) atoms. The first-order valence-corrected chi connectivity index (χ1v) is 8.78. The maximum absolute atomic E-state index is 12.3. The molecule has 0 radical (unpaired) electrons. The van der Waals surface area contributed by atoms with E-state index in [1.54, 1.807) is 12.1 Å². The number of nitro benzene ring substituents is 1. The van der Waals surface area contributed by atoms with Crippen molar-refractivity contribution in [1.29, 1.82) is 0 Å². The SMILES string of the molecule is COc1ccc([N+](=O)[O-])cc1NC(=O)[C@H](C)OC(=O)COc1ccc(C(C)=O)cc1. The van der Waals surface area contributed by atoms with Gasteiger partial charge in [0.05, 0.1) is 17.7 Å². The number of rotatable bonds is 9. The first-order valence-electron chi connectivity index (χ1n) is 8.78. The lowest BCUT2D eigenvalue weighted by molar-refractivity contribution is -0.384. The van der Waals surface area contributed by atoms with Gasteiger partial charge in [-0.15, -0.1) is 0 Å². The Morgan fingerprint density at radius 3 is 2.37 bits per heavy atom. The van der Waals surface area contributed by atoms with Crippen LogP contribution in [0.4, 0.5) is 11.4 Å². The van der Waals surface area contributed by atoms with Crippen LogP contribution in [0.1, 0.15) is 24.2 Å². The summed E-state index contributed by atoms with van der Waals surface area (Å²) in [5.74, 6) is -1.02. The van der Waals surface area contributed by atoms with Crippen molar-refractivity contribution in [3.8, 4) is 11.5 Å². The molecule has 158 valence electrons. The van der Waals surface area contributed by atoms with Crippen LogP contribution in [0.5, 0.6) is 11.5 Å². The van der Waals surface area contributed by atoms with E-state index in [-0.39, 0.29) is 22.9 Å². The molecule has 2 rings (SSSR count). The second-order valence-electron chi connectivity index (χ2n) is 6.13. The van der Waals surface area contributed by atoms with Gasteiger partial charge in [-0.1, -0.05) is 0 Å². The molecule has 1 atom stereocenters. The van der Waals surface area contributed by atoms with Crippen LogP contribution >= 0.6 is 0 Å². The minimum absolute atomic E-state index is 0.0708. The summed E-state index contributed by atoms with van der Waals surface area (Å²) in [5, 5.41) is 13.3. The van der Waals surface area contributed by atoms with Gasteiger partial charge in [-0.25, -0.2) is 4.79 Å². The van der Waals surface area contributed by atoms with Crippen LogP contribution in [0.2, 0.25) is 0 Å². The Hall–Kier alpha value is -3.95. The second-order valence-corrected chi connectivity index (χ2v) is 6.13. The van der Waals surface area contributed by atoms with Crippen molar-refractivity contribution < 1.29 is 33.5 Å². The Labute approximate surface area is 171 Å². The van der Waals surface area contributed by atoms with Gasteiger partial charge in [0.25, 0.3) is 11.6 Å². The largest absolute Gasteiger partial charge is 0.495 e. The van der Waals surface area contributed by atoms with Gasteiger partial charge >= 0.3 is 5.97 Å². The number of carbonyl (C=O) groups is 3. The van der Waals surface area contributed by atoms with Crippen molar-refractivity contribution in [2.24, 2.45) is 0 Å². The number of non-ortho nitro benzene ring substituents is 1. The lowest BCUT2D eigenvalue weighted by atomic mass is 10.1. The average molecular weight is 416 g/mol. The van der Waals surface area contributed by atoms with Crippen LogP contribution in [0.25, 0.3) is 0 Å². The minimum atomic E-state index is -1.19. The highest BCUT2D eigenvalue weighted by atomic mass is 16.6.